The molecule has 0 bridgehead atoms. The van der Waals surface area contributed by atoms with E-state index in [4.69, 9.17) is 9.47 Å². The number of hydrogen-bond donors (Lipinski definition) is 1. The van der Waals surface area contributed by atoms with Crippen molar-refractivity contribution in [2.24, 2.45) is 5.92 Å². The van der Waals surface area contributed by atoms with Crippen LogP contribution in [0.3, 0.4) is 0 Å². The van der Waals surface area contributed by atoms with Crippen molar-refractivity contribution in [3.05, 3.63) is 0 Å². The maximum Gasteiger partial charge on any atom is 0.326 e. The summed E-state index contributed by atoms with van der Waals surface area (Å²) in [5.74, 6) is 0.228. The summed E-state index contributed by atoms with van der Waals surface area (Å²) in [5.41, 5.74) is -0.469. The summed E-state index contributed by atoms with van der Waals surface area (Å²) in [6.07, 6.45) is 4.99. The molecule has 100 valence electrons. The molecular formula is C13H25NO3. The van der Waals surface area contributed by atoms with Gasteiger partial charge >= 0.3 is 5.97 Å². The SMILES string of the molecule is CCCNC1(C(=O)OC)CCCC1CCOC. The van der Waals surface area contributed by atoms with Crippen molar-refractivity contribution in [3.63, 3.8) is 0 Å². The zero-order valence-electron chi connectivity index (χ0n) is 11.3. The first-order valence-electron chi connectivity index (χ1n) is 6.53. The van der Waals surface area contributed by atoms with Gasteiger partial charge in [-0.15, -0.1) is 0 Å². The summed E-state index contributed by atoms with van der Waals surface area (Å²) in [4.78, 5) is 12.1. The minimum absolute atomic E-state index is 0.107. The Morgan fingerprint density at radius 2 is 2.24 bits per heavy atom. The van der Waals surface area contributed by atoms with Gasteiger partial charge in [-0.3, -0.25) is 4.79 Å². The highest BCUT2D eigenvalue weighted by molar-refractivity contribution is 5.81. The average Bonchev–Trinajstić information content (AvgIpc) is 2.77. The van der Waals surface area contributed by atoms with E-state index >= 15 is 0 Å². The fourth-order valence-electron chi connectivity index (χ4n) is 2.83. The van der Waals surface area contributed by atoms with E-state index in [0.717, 1.165) is 38.6 Å². The molecule has 4 heteroatoms. The Morgan fingerprint density at radius 1 is 1.47 bits per heavy atom. The molecule has 2 atom stereocenters. The van der Waals surface area contributed by atoms with E-state index in [9.17, 15) is 4.79 Å². The van der Waals surface area contributed by atoms with E-state index in [1.54, 1.807) is 7.11 Å². The topological polar surface area (TPSA) is 47.6 Å². The molecule has 0 spiro atoms. The minimum Gasteiger partial charge on any atom is -0.468 e. The molecule has 4 nitrogen and oxygen atoms in total. The van der Waals surface area contributed by atoms with Gasteiger partial charge in [-0.25, -0.2) is 0 Å². The van der Waals surface area contributed by atoms with Crippen LogP contribution in [0.2, 0.25) is 0 Å². The molecule has 1 saturated carbocycles. The highest BCUT2D eigenvalue weighted by Gasteiger charge is 2.48. The number of carbonyl (C=O) groups is 1. The summed E-state index contributed by atoms with van der Waals surface area (Å²) < 4.78 is 10.1. The average molecular weight is 243 g/mol. The van der Waals surface area contributed by atoms with Crippen LogP contribution in [0.25, 0.3) is 0 Å². The van der Waals surface area contributed by atoms with Crippen LogP contribution in [0.15, 0.2) is 0 Å². The van der Waals surface area contributed by atoms with Crippen LogP contribution in [-0.4, -0.2) is 38.9 Å². The van der Waals surface area contributed by atoms with Crippen LogP contribution < -0.4 is 5.32 Å². The van der Waals surface area contributed by atoms with Gasteiger partial charge in [-0.2, -0.15) is 0 Å². The molecule has 1 rings (SSSR count). The first-order chi connectivity index (χ1) is 8.21. The van der Waals surface area contributed by atoms with Crippen molar-refractivity contribution in [2.45, 2.75) is 44.6 Å². The van der Waals surface area contributed by atoms with E-state index in [1.165, 1.54) is 7.11 Å². The molecule has 1 fully saturated rings. The number of ether oxygens (including phenoxy) is 2. The van der Waals surface area contributed by atoms with Crippen molar-refractivity contribution in [1.29, 1.82) is 0 Å². The van der Waals surface area contributed by atoms with Crippen LogP contribution in [0.1, 0.15) is 39.0 Å². The first-order valence-corrected chi connectivity index (χ1v) is 6.53. The quantitative estimate of drug-likeness (QED) is 0.692. The van der Waals surface area contributed by atoms with Gasteiger partial charge in [0.2, 0.25) is 0 Å². The summed E-state index contributed by atoms with van der Waals surface area (Å²) in [6.45, 7) is 3.67. The number of hydrogen-bond acceptors (Lipinski definition) is 4. The standard InChI is InChI=1S/C13H25NO3/c1-4-9-14-13(12(15)17-3)8-5-6-11(13)7-10-16-2/h11,14H,4-10H2,1-3H3. The van der Waals surface area contributed by atoms with Crippen LogP contribution in [0.5, 0.6) is 0 Å². The molecule has 1 N–H and O–H groups in total. The van der Waals surface area contributed by atoms with Gasteiger partial charge in [0.1, 0.15) is 5.54 Å². The fourth-order valence-corrected chi connectivity index (χ4v) is 2.83. The Balaban J connectivity index is 2.75. The summed E-state index contributed by atoms with van der Waals surface area (Å²) in [7, 11) is 3.18. The molecule has 0 amide bonds. The van der Waals surface area contributed by atoms with Crippen molar-refractivity contribution >= 4 is 5.97 Å². The number of esters is 1. The molecule has 0 aromatic rings. The van der Waals surface area contributed by atoms with E-state index < -0.39 is 5.54 Å². The van der Waals surface area contributed by atoms with Crippen molar-refractivity contribution < 1.29 is 14.3 Å². The Morgan fingerprint density at radius 3 is 2.82 bits per heavy atom. The van der Waals surface area contributed by atoms with Crippen molar-refractivity contribution in [1.82, 2.24) is 5.32 Å². The zero-order chi connectivity index (χ0) is 12.7. The number of rotatable bonds is 7. The molecule has 0 heterocycles. The number of nitrogens with one attached hydrogen (secondary N) is 1. The smallest absolute Gasteiger partial charge is 0.326 e. The van der Waals surface area contributed by atoms with Gasteiger partial charge in [0.25, 0.3) is 0 Å². The van der Waals surface area contributed by atoms with Gasteiger partial charge in [0, 0.05) is 13.7 Å². The lowest BCUT2D eigenvalue weighted by atomic mass is 9.84. The van der Waals surface area contributed by atoms with E-state index in [0.29, 0.717) is 12.5 Å². The fraction of sp³-hybridized carbons (Fsp3) is 0.923. The second kappa shape index (κ2) is 6.97. The number of carbonyl (C=O) groups excluding carboxylic acids is 1. The van der Waals surface area contributed by atoms with Gasteiger partial charge in [-0.1, -0.05) is 13.3 Å². The normalized spacial score (nSPS) is 28.3. The largest absolute Gasteiger partial charge is 0.468 e. The van der Waals surface area contributed by atoms with Crippen LogP contribution in [0.4, 0.5) is 0 Å². The van der Waals surface area contributed by atoms with Crippen molar-refractivity contribution in [3.8, 4) is 0 Å². The molecule has 0 saturated heterocycles. The first kappa shape index (κ1) is 14.5. The maximum absolute atomic E-state index is 12.1. The van der Waals surface area contributed by atoms with E-state index in [1.807, 2.05) is 0 Å². The molecule has 1 aliphatic carbocycles. The molecule has 17 heavy (non-hydrogen) atoms. The molecule has 0 radical (unpaired) electrons. The Bertz CT molecular complexity index is 245. The zero-order valence-corrected chi connectivity index (χ0v) is 11.3. The second-order valence-electron chi connectivity index (χ2n) is 4.76. The minimum atomic E-state index is -0.469. The third-order valence-corrected chi connectivity index (χ3v) is 3.73. The van der Waals surface area contributed by atoms with Crippen molar-refractivity contribution in [2.75, 3.05) is 27.4 Å². The highest BCUT2D eigenvalue weighted by Crippen LogP contribution is 2.38. The van der Waals surface area contributed by atoms with Gasteiger partial charge in [-0.05, 0) is 38.1 Å². The lowest BCUT2D eigenvalue weighted by molar-refractivity contribution is -0.150. The molecule has 2 unspecified atom stereocenters. The summed E-state index contributed by atoms with van der Waals surface area (Å²) in [6, 6.07) is 0. The molecular weight excluding hydrogens is 218 g/mol. The Kier molecular flexibility index (Phi) is 5.92. The van der Waals surface area contributed by atoms with Crippen LogP contribution in [0, 0.1) is 5.92 Å². The predicted octanol–water partition coefficient (Wildman–Crippen LogP) is 1.73. The van der Waals surface area contributed by atoms with Gasteiger partial charge < -0.3 is 14.8 Å². The summed E-state index contributed by atoms with van der Waals surface area (Å²) >= 11 is 0. The number of methoxy groups -OCH3 is 2. The monoisotopic (exact) mass is 243 g/mol. The summed E-state index contributed by atoms with van der Waals surface area (Å²) in [5, 5.41) is 3.42. The van der Waals surface area contributed by atoms with Crippen LogP contribution >= 0.6 is 0 Å². The van der Waals surface area contributed by atoms with Gasteiger partial charge in [0.05, 0.1) is 7.11 Å². The van der Waals surface area contributed by atoms with Crippen LogP contribution in [-0.2, 0) is 14.3 Å². The third-order valence-electron chi connectivity index (χ3n) is 3.73. The molecule has 0 aliphatic heterocycles. The lowest BCUT2D eigenvalue weighted by Crippen LogP contribution is -2.55. The maximum atomic E-state index is 12.1. The second-order valence-corrected chi connectivity index (χ2v) is 4.76. The third kappa shape index (κ3) is 3.19. The molecule has 0 aromatic heterocycles. The lowest BCUT2D eigenvalue weighted by Gasteiger charge is -2.33. The molecule has 1 aliphatic rings. The Labute approximate surface area is 104 Å². The highest BCUT2D eigenvalue weighted by atomic mass is 16.5. The van der Waals surface area contributed by atoms with Gasteiger partial charge in [0.15, 0.2) is 0 Å². The predicted molar refractivity (Wildman–Crippen MR) is 66.9 cm³/mol. The molecule has 0 aromatic carbocycles. The van der Waals surface area contributed by atoms with E-state index in [-0.39, 0.29) is 5.97 Å². The Hall–Kier alpha value is -0.610. The van der Waals surface area contributed by atoms with E-state index in [2.05, 4.69) is 12.2 Å².